The van der Waals surface area contributed by atoms with Crippen LogP contribution in [0.5, 0.6) is 0 Å². The third kappa shape index (κ3) is 44.2. The molecule has 14 heteroatoms. The molecule has 0 aromatic rings. The minimum atomic E-state index is -1.79. The summed E-state index contributed by atoms with van der Waals surface area (Å²) in [5, 5.41) is 87.6. The van der Waals surface area contributed by atoms with Crippen LogP contribution in [0.1, 0.15) is 367 Å². The first kappa shape index (κ1) is 83.8. The molecular formula is C75H145NO13. The van der Waals surface area contributed by atoms with Gasteiger partial charge in [-0.1, -0.05) is 353 Å². The number of amides is 1. The topological polar surface area (TPSA) is 228 Å². The highest BCUT2D eigenvalue weighted by atomic mass is 16.7. The summed E-state index contributed by atoms with van der Waals surface area (Å²) in [6, 6.07) is -0.912. The number of carbonyl (C=O) groups is 1. The lowest BCUT2D eigenvalue weighted by atomic mass is 9.97. The monoisotopic (exact) mass is 1270 g/mol. The standard InChI is InChI=1S/C75H145NO13/c1-3-5-7-9-11-13-15-17-19-21-23-25-27-29-30-31-32-33-34-35-37-39-41-43-45-47-49-51-53-55-57-59-67(80)76-63(62-86-74-72(85)70(83)73(66(61-78)88-74)89-75-71(84)69(82)68(81)65(60-77)87-75)64(79)58-56-54-52-50-48-46-44-42-40-38-36-28-26-24-22-20-18-16-14-12-10-8-6-4-2/h56,58,63-66,68-75,77-79,81-85H,3-55,57,59-62H2,1-2H3,(H,76,80)/b58-56+. The zero-order valence-electron chi connectivity index (χ0n) is 57.7. The summed E-state index contributed by atoms with van der Waals surface area (Å²) in [6.07, 6.45) is 58.6. The molecule has 0 spiro atoms. The van der Waals surface area contributed by atoms with Crippen molar-refractivity contribution >= 4 is 5.91 Å². The molecule has 0 bridgehead atoms. The Morgan fingerprint density at radius 2 is 0.697 bits per heavy atom. The predicted molar refractivity (Wildman–Crippen MR) is 365 cm³/mol. The summed E-state index contributed by atoms with van der Waals surface area (Å²) >= 11 is 0. The van der Waals surface area contributed by atoms with Gasteiger partial charge < -0.3 is 65.1 Å². The molecule has 0 radical (unpaired) electrons. The van der Waals surface area contributed by atoms with Gasteiger partial charge in [0.2, 0.25) is 5.91 Å². The van der Waals surface area contributed by atoms with Gasteiger partial charge in [-0.3, -0.25) is 4.79 Å². The molecular weight excluding hydrogens is 1120 g/mol. The van der Waals surface area contributed by atoms with E-state index in [9.17, 15) is 45.6 Å². The van der Waals surface area contributed by atoms with Crippen molar-refractivity contribution in [1.29, 1.82) is 0 Å². The number of allylic oxidation sites excluding steroid dienone is 1. The van der Waals surface area contributed by atoms with Gasteiger partial charge in [0.05, 0.1) is 32.0 Å². The normalized spacial score (nSPS) is 23.0. The molecule has 2 aliphatic heterocycles. The maximum absolute atomic E-state index is 13.4. The minimum absolute atomic E-state index is 0.229. The Morgan fingerprint density at radius 1 is 0.393 bits per heavy atom. The van der Waals surface area contributed by atoms with Crippen molar-refractivity contribution < 1.29 is 64.6 Å². The Bertz CT molecular complexity index is 1540. The molecule has 2 rings (SSSR count). The van der Waals surface area contributed by atoms with E-state index in [-0.39, 0.29) is 18.9 Å². The lowest BCUT2D eigenvalue weighted by molar-refractivity contribution is -0.359. The summed E-state index contributed by atoms with van der Waals surface area (Å²) in [7, 11) is 0. The number of unbranched alkanes of at least 4 members (excludes halogenated alkanes) is 52. The van der Waals surface area contributed by atoms with Gasteiger partial charge in [0.1, 0.15) is 48.8 Å². The molecule has 0 aliphatic carbocycles. The summed E-state index contributed by atoms with van der Waals surface area (Å²) in [5.74, 6) is -0.229. The number of carbonyl (C=O) groups excluding carboxylic acids is 1. The lowest BCUT2D eigenvalue weighted by Crippen LogP contribution is -2.65. The Balaban J connectivity index is 1.63. The van der Waals surface area contributed by atoms with Gasteiger partial charge in [0.15, 0.2) is 12.6 Å². The van der Waals surface area contributed by atoms with Crippen LogP contribution in [0.25, 0.3) is 0 Å². The van der Waals surface area contributed by atoms with Crippen molar-refractivity contribution in [3.05, 3.63) is 12.2 Å². The average Bonchev–Trinajstić information content (AvgIpc) is 2.53. The maximum Gasteiger partial charge on any atom is 0.220 e. The molecule has 2 fully saturated rings. The van der Waals surface area contributed by atoms with E-state index >= 15 is 0 Å². The van der Waals surface area contributed by atoms with Gasteiger partial charge in [-0.2, -0.15) is 0 Å². The molecule has 0 aromatic carbocycles. The molecule has 9 N–H and O–H groups in total. The van der Waals surface area contributed by atoms with E-state index in [0.717, 1.165) is 44.9 Å². The van der Waals surface area contributed by atoms with Gasteiger partial charge in [0, 0.05) is 6.42 Å². The van der Waals surface area contributed by atoms with Gasteiger partial charge in [-0.05, 0) is 19.3 Å². The fourth-order valence-corrected chi connectivity index (χ4v) is 13.1. The van der Waals surface area contributed by atoms with Crippen molar-refractivity contribution in [2.24, 2.45) is 0 Å². The van der Waals surface area contributed by atoms with E-state index in [4.69, 9.17) is 18.9 Å². The molecule has 14 nitrogen and oxygen atoms in total. The zero-order chi connectivity index (χ0) is 64.5. The summed E-state index contributed by atoms with van der Waals surface area (Å²) < 4.78 is 22.9. The lowest BCUT2D eigenvalue weighted by Gasteiger charge is -2.46. The fourth-order valence-electron chi connectivity index (χ4n) is 13.1. The molecule has 89 heavy (non-hydrogen) atoms. The van der Waals surface area contributed by atoms with E-state index in [2.05, 4.69) is 19.2 Å². The van der Waals surface area contributed by atoms with E-state index < -0.39 is 86.8 Å². The van der Waals surface area contributed by atoms with E-state index in [1.54, 1.807) is 6.08 Å². The van der Waals surface area contributed by atoms with Crippen LogP contribution in [-0.4, -0.2) is 140 Å². The molecule has 0 aromatic heterocycles. The minimum Gasteiger partial charge on any atom is -0.394 e. The number of rotatable bonds is 65. The molecule has 0 saturated carbocycles. The second kappa shape index (κ2) is 60.4. The number of aliphatic hydroxyl groups is 8. The average molecular weight is 1270 g/mol. The van der Waals surface area contributed by atoms with E-state index in [0.29, 0.717) is 0 Å². The first-order valence-corrected chi connectivity index (χ1v) is 38.4. The van der Waals surface area contributed by atoms with Crippen LogP contribution in [0.4, 0.5) is 0 Å². The highest BCUT2D eigenvalue weighted by Crippen LogP contribution is 2.30. The third-order valence-electron chi connectivity index (χ3n) is 19.2. The molecule has 2 heterocycles. The van der Waals surface area contributed by atoms with Gasteiger partial charge in [-0.15, -0.1) is 0 Å². The second-order valence-corrected chi connectivity index (χ2v) is 27.5. The SMILES string of the molecule is CCCCCCCCCCCCCCCCCCCCCCCC/C=C/C(O)C(COC1OC(CO)C(OC2OC(CO)C(O)C(O)C2O)C(O)C1O)NC(=O)CCCCCCCCCCCCCCCCCCCCCCCCCCCCCCCCC. The van der Waals surface area contributed by atoms with Crippen molar-refractivity contribution in [3.8, 4) is 0 Å². The fraction of sp³-hybridized carbons (Fsp3) is 0.960. The van der Waals surface area contributed by atoms with Crippen LogP contribution in [0.15, 0.2) is 12.2 Å². The molecule has 1 amide bonds. The van der Waals surface area contributed by atoms with Crippen LogP contribution in [0.3, 0.4) is 0 Å². The second-order valence-electron chi connectivity index (χ2n) is 27.5. The van der Waals surface area contributed by atoms with Crippen molar-refractivity contribution in [1.82, 2.24) is 5.32 Å². The van der Waals surface area contributed by atoms with Crippen LogP contribution < -0.4 is 5.32 Å². The third-order valence-corrected chi connectivity index (χ3v) is 19.2. The molecule has 2 saturated heterocycles. The molecule has 528 valence electrons. The summed E-state index contributed by atoms with van der Waals surface area (Å²) in [4.78, 5) is 13.4. The maximum atomic E-state index is 13.4. The number of aliphatic hydroxyl groups excluding tert-OH is 8. The van der Waals surface area contributed by atoms with Crippen molar-refractivity contribution in [2.75, 3.05) is 19.8 Å². The van der Waals surface area contributed by atoms with E-state index in [1.165, 1.54) is 302 Å². The number of nitrogens with one attached hydrogen (secondary N) is 1. The van der Waals surface area contributed by atoms with Gasteiger partial charge in [0.25, 0.3) is 0 Å². The Hall–Kier alpha value is -1.27. The zero-order valence-corrected chi connectivity index (χ0v) is 57.7. The van der Waals surface area contributed by atoms with Crippen LogP contribution in [0.2, 0.25) is 0 Å². The van der Waals surface area contributed by atoms with Crippen LogP contribution in [0, 0.1) is 0 Å². The molecule has 12 unspecified atom stereocenters. The predicted octanol–water partition coefficient (Wildman–Crippen LogP) is 16.5. The molecule has 12 atom stereocenters. The van der Waals surface area contributed by atoms with Crippen LogP contribution >= 0.6 is 0 Å². The summed E-state index contributed by atoms with van der Waals surface area (Å²) in [5.41, 5.74) is 0. The Kier molecular flexibility index (Phi) is 56.9. The first-order chi connectivity index (χ1) is 43.6. The number of hydrogen-bond acceptors (Lipinski definition) is 13. The highest BCUT2D eigenvalue weighted by Gasteiger charge is 2.51. The van der Waals surface area contributed by atoms with Gasteiger partial charge >= 0.3 is 0 Å². The van der Waals surface area contributed by atoms with E-state index in [1.807, 2.05) is 6.08 Å². The largest absolute Gasteiger partial charge is 0.394 e. The smallest absolute Gasteiger partial charge is 0.220 e. The van der Waals surface area contributed by atoms with Gasteiger partial charge in [-0.25, -0.2) is 0 Å². The highest BCUT2D eigenvalue weighted by molar-refractivity contribution is 5.76. The number of ether oxygens (including phenoxy) is 4. The number of hydrogen-bond donors (Lipinski definition) is 9. The van der Waals surface area contributed by atoms with Crippen molar-refractivity contribution in [3.63, 3.8) is 0 Å². The Labute approximate surface area is 546 Å². The first-order valence-electron chi connectivity index (χ1n) is 38.4. The Morgan fingerprint density at radius 3 is 1.03 bits per heavy atom. The molecule has 2 aliphatic rings. The summed E-state index contributed by atoms with van der Waals surface area (Å²) in [6.45, 7) is 2.87. The van der Waals surface area contributed by atoms with Crippen LogP contribution in [-0.2, 0) is 23.7 Å². The van der Waals surface area contributed by atoms with Crippen molar-refractivity contribution in [2.45, 2.75) is 441 Å². The quantitative estimate of drug-likeness (QED) is 0.0204.